The molecule has 12 heteroatoms. The van der Waals surface area contributed by atoms with E-state index >= 15 is 0 Å². The van der Waals surface area contributed by atoms with Gasteiger partial charge in [-0.1, -0.05) is 0 Å². The molecule has 0 aliphatic carbocycles. The number of nitrogens with zero attached hydrogens (tertiary/aromatic N) is 4. The van der Waals surface area contributed by atoms with Crippen LogP contribution >= 0.6 is 0 Å². The zero-order valence-electron chi connectivity index (χ0n) is 18.1. The van der Waals surface area contributed by atoms with Gasteiger partial charge in [-0.3, -0.25) is 4.99 Å². The Morgan fingerprint density at radius 3 is 2.67 bits per heavy atom. The number of halogens is 2. The van der Waals surface area contributed by atoms with Crippen molar-refractivity contribution in [2.45, 2.75) is 24.1 Å². The first-order valence-corrected chi connectivity index (χ1v) is 11.5. The highest BCUT2D eigenvalue weighted by atomic mass is 32.2. The number of rotatable bonds is 5. The Morgan fingerprint density at radius 1 is 1.24 bits per heavy atom. The maximum Gasteiger partial charge on any atom is 0.232 e. The molecule has 0 spiro atoms. The van der Waals surface area contributed by atoms with E-state index in [-0.39, 0.29) is 5.56 Å². The van der Waals surface area contributed by atoms with Gasteiger partial charge in [0.15, 0.2) is 20.4 Å². The van der Waals surface area contributed by atoms with Gasteiger partial charge < -0.3 is 15.8 Å². The summed E-state index contributed by atoms with van der Waals surface area (Å²) in [6.45, 7) is 1.41. The first-order chi connectivity index (χ1) is 15.5. The number of nitrogens with two attached hydrogens (primary N) is 1. The van der Waals surface area contributed by atoms with E-state index in [9.17, 15) is 17.2 Å². The predicted octanol–water partition coefficient (Wildman–Crippen LogP) is 2.65. The van der Waals surface area contributed by atoms with Gasteiger partial charge in [0.2, 0.25) is 5.88 Å². The molecule has 0 saturated heterocycles. The van der Waals surface area contributed by atoms with Crippen LogP contribution in [-0.4, -0.2) is 53.5 Å². The van der Waals surface area contributed by atoms with Crippen LogP contribution in [0.1, 0.15) is 19.4 Å². The number of sulfone groups is 1. The maximum atomic E-state index is 14.9. The van der Waals surface area contributed by atoms with Crippen molar-refractivity contribution in [3.63, 3.8) is 0 Å². The van der Waals surface area contributed by atoms with Crippen molar-refractivity contribution in [2.75, 3.05) is 24.9 Å². The van der Waals surface area contributed by atoms with Crippen LogP contribution in [0.3, 0.4) is 0 Å². The zero-order valence-corrected chi connectivity index (χ0v) is 18.9. The number of pyridine rings is 1. The third kappa shape index (κ3) is 3.73. The van der Waals surface area contributed by atoms with Crippen molar-refractivity contribution in [3.8, 4) is 5.88 Å². The Balaban J connectivity index is 1.77. The molecule has 9 nitrogen and oxygen atoms in total. The lowest BCUT2D eigenvalue weighted by atomic mass is 9.92. The largest absolute Gasteiger partial charge is 0.480 e. The normalized spacial score (nSPS) is 24.3. The second kappa shape index (κ2) is 7.87. The van der Waals surface area contributed by atoms with Crippen molar-refractivity contribution < 1.29 is 21.9 Å². The summed E-state index contributed by atoms with van der Waals surface area (Å²) in [6, 6.07) is 5.75. The number of fused-ring (bicyclic) bond motifs is 1. The predicted molar refractivity (Wildman–Crippen MR) is 121 cm³/mol. The molecule has 0 fully saturated rings. The number of aliphatic imine (C=N–C) groups is 1. The van der Waals surface area contributed by atoms with Gasteiger partial charge in [0.1, 0.15) is 29.4 Å². The number of anilines is 2. The summed E-state index contributed by atoms with van der Waals surface area (Å²) in [5.41, 5.74) is 5.72. The van der Waals surface area contributed by atoms with Crippen molar-refractivity contribution in [3.05, 3.63) is 48.0 Å². The van der Waals surface area contributed by atoms with Crippen LogP contribution in [0, 0.1) is 5.82 Å². The Hall–Kier alpha value is -3.41. The highest BCUT2D eigenvalue weighted by Crippen LogP contribution is 2.39. The minimum Gasteiger partial charge on any atom is -0.480 e. The number of aromatic nitrogens is 3. The molecule has 2 atom stereocenters. The summed E-state index contributed by atoms with van der Waals surface area (Å²) in [6.07, 6.45) is 2.97. The summed E-state index contributed by atoms with van der Waals surface area (Å²) in [5.74, 6) is -0.967. The number of alkyl halides is 1. The molecule has 0 unspecified atom stereocenters. The highest BCUT2D eigenvalue weighted by Gasteiger charge is 2.52. The number of ether oxygens (including phenoxy) is 1. The molecule has 3 heterocycles. The van der Waals surface area contributed by atoms with E-state index in [0.717, 1.165) is 0 Å². The quantitative estimate of drug-likeness (QED) is 0.574. The van der Waals surface area contributed by atoms with Crippen LogP contribution in [0.5, 0.6) is 5.88 Å². The topological polar surface area (TPSA) is 132 Å². The Labute approximate surface area is 189 Å². The van der Waals surface area contributed by atoms with E-state index < -0.39 is 44.2 Å². The molecule has 3 N–H and O–H groups in total. The van der Waals surface area contributed by atoms with Crippen LogP contribution in [-0.2, 0) is 15.4 Å². The van der Waals surface area contributed by atoms with Crippen molar-refractivity contribution in [2.24, 2.45) is 10.7 Å². The lowest BCUT2D eigenvalue weighted by molar-refractivity contribution is 0.397. The summed E-state index contributed by atoms with van der Waals surface area (Å²) >= 11 is 0. The third-order valence-electron chi connectivity index (χ3n) is 5.78. The van der Waals surface area contributed by atoms with Crippen LogP contribution in [0.15, 0.2) is 41.7 Å². The summed E-state index contributed by atoms with van der Waals surface area (Å²) < 4.78 is 57.3. The van der Waals surface area contributed by atoms with E-state index in [1.165, 1.54) is 51.6 Å². The van der Waals surface area contributed by atoms with Crippen LogP contribution < -0.4 is 15.8 Å². The minimum atomic E-state index is -4.06. The van der Waals surface area contributed by atoms with Gasteiger partial charge in [-0.25, -0.2) is 32.2 Å². The fourth-order valence-corrected chi connectivity index (χ4v) is 5.47. The van der Waals surface area contributed by atoms with E-state index in [0.29, 0.717) is 28.4 Å². The fourth-order valence-electron chi connectivity index (χ4n) is 3.67. The number of hydrogen-bond acceptors (Lipinski definition) is 9. The van der Waals surface area contributed by atoms with E-state index in [1.807, 2.05) is 0 Å². The number of hydrogen-bond donors (Lipinski definition) is 2. The smallest absolute Gasteiger partial charge is 0.232 e. The van der Waals surface area contributed by atoms with Crippen LogP contribution in [0.4, 0.5) is 20.3 Å². The number of amidine groups is 1. The van der Waals surface area contributed by atoms with Crippen molar-refractivity contribution >= 4 is 38.2 Å². The molecule has 0 amide bonds. The molecule has 1 aliphatic rings. The Kier molecular flexibility index (Phi) is 5.43. The molecule has 1 aromatic carbocycles. The van der Waals surface area contributed by atoms with Gasteiger partial charge in [-0.15, -0.1) is 0 Å². The SMILES string of the molecule is COc1cnc2c(Nc3ccc(F)c([C@]4(C)CS(=O)(=O)[C@](C)(CF)C(N)=N4)c3)nccc2n1. The summed E-state index contributed by atoms with van der Waals surface area (Å²) in [7, 11) is -2.58. The number of benzene rings is 1. The van der Waals surface area contributed by atoms with Gasteiger partial charge >= 0.3 is 0 Å². The standard InChI is InChI=1S/C21H22F2N6O3S/c1-20(11-33(30,31)21(2,10-22)19(24)29-20)13-8-12(4-5-14(13)23)27-18-17-15(6-7-25-18)28-16(32-3)9-26-17/h4-9H,10-11H2,1-3H3,(H2,24,29)(H,25,27)/t20-,21+/m0/s1. The highest BCUT2D eigenvalue weighted by molar-refractivity contribution is 7.93. The molecule has 174 valence electrons. The molecule has 0 bridgehead atoms. The molecular formula is C21H22F2N6O3S. The van der Waals surface area contributed by atoms with Gasteiger partial charge in [-0.05, 0) is 38.1 Å². The average Bonchev–Trinajstić information content (AvgIpc) is 2.78. The molecule has 1 aliphatic heterocycles. The zero-order chi connectivity index (χ0) is 24.0. The van der Waals surface area contributed by atoms with E-state index in [1.54, 1.807) is 6.07 Å². The van der Waals surface area contributed by atoms with Crippen LogP contribution in [0.25, 0.3) is 11.0 Å². The molecule has 33 heavy (non-hydrogen) atoms. The molecule has 0 saturated carbocycles. The molecule has 3 aromatic rings. The van der Waals surface area contributed by atoms with Crippen molar-refractivity contribution in [1.29, 1.82) is 0 Å². The maximum absolute atomic E-state index is 14.9. The summed E-state index contributed by atoms with van der Waals surface area (Å²) in [5, 5.41) is 3.06. The molecular weight excluding hydrogens is 454 g/mol. The fraction of sp³-hybridized carbons (Fsp3) is 0.333. The molecule has 0 radical (unpaired) electrons. The number of nitrogens with one attached hydrogen (secondary N) is 1. The average molecular weight is 477 g/mol. The Morgan fingerprint density at radius 2 is 2.00 bits per heavy atom. The van der Waals surface area contributed by atoms with Gasteiger partial charge in [0.05, 0.1) is 24.6 Å². The Bertz CT molecular complexity index is 1380. The first kappa shape index (κ1) is 22.8. The molecule has 4 rings (SSSR count). The van der Waals surface area contributed by atoms with Gasteiger partial charge in [0.25, 0.3) is 0 Å². The minimum absolute atomic E-state index is 0.00655. The second-order valence-electron chi connectivity index (χ2n) is 8.15. The number of methoxy groups -OCH3 is 1. The van der Waals surface area contributed by atoms with Crippen LogP contribution in [0.2, 0.25) is 0 Å². The van der Waals surface area contributed by atoms with Gasteiger partial charge in [-0.2, -0.15) is 0 Å². The monoisotopic (exact) mass is 476 g/mol. The third-order valence-corrected chi connectivity index (χ3v) is 8.41. The van der Waals surface area contributed by atoms with E-state index in [4.69, 9.17) is 10.5 Å². The van der Waals surface area contributed by atoms with Crippen molar-refractivity contribution in [1.82, 2.24) is 15.0 Å². The molecule has 2 aromatic heterocycles. The first-order valence-electron chi connectivity index (χ1n) is 9.90. The second-order valence-corrected chi connectivity index (χ2v) is 10.6. The van der Waals surface area contributed by atoms with E-state index in [2.05, 4.69) is 25.3 Å². The lowest BCUT2D eigenvalue weighted by Crippen LogP contribution is -2.58. The summed E-state index contributed by atoms with van der Waals surface area (Å²) in [4.78, 5) is 17.1. The van der Waals surface area contributed by atoms with Gasteiger partial charge in [0, 0.05) is 17.4 Å². The lowest BCUT2D eigenvalue weighted by Gasteiger charge is -2.38.